The largest absolute Gasteiger partial charge is 0.463 e. The van der Waals surface area contributed by atoms with Gasteiger partial charge in [0.2, 0.25) is 0 Å². The van der Waals surface area contributed by atoms with Crippen molar-refractivity contribution < 1.29 is 15.1 Å². The first kappa shape index (κ1) is 9.42. The number of nitrogens with zero attached hydrogens (tertiary/aromatic N) is 2. The van der Waals surface area contributed by atoms with Crippen LogP contribution in [0.15, 0.2) is 36.5 Å². The number of pyridine rings is 1. The number of hydrogen-bond donors (Lipinski definition) is 2. The van der Waals surface area contributed by atoms with Crippen molar-refractivity contribution in [3.63, 3.8) is 0 Å². The second-order valence-electron chi connectivity index (χ2n) is 2.97. The highest BCUT2D eigenvalue weighted by molar-refractivity contribution is 5.88. The second kappa shape index (κ2) is 3.55. The smallest absolute Gasteiger partial charge is 0.436 e. The zero-order valence-corrected chi connectivity index (χ0v) is 7.66. The highest BCUT2D eigenvalue weighted by Crippen LogP contribution is 2.19. The number of carbonyl (C=O) groups is 1. The molecule has 0 aliphatic carbocycles. The predicted octanol–water partition coefficient (Wildman–Crippen LogP) is 2.11. The highest BCUT2D eigenvalue weighted by atomic mass is 16.6. The van der Waals surface area contributed by atoms with E-state index in [4.69, 9.17) is 5.11 Å². The van der Waals surface area contributed by atoms with Gasteiger partial charge in [-0.15, -0.1) is 0 Å². The van der Waals surface area contributed by atoms with Crippen LogP contribution >= 0.6 is 0 Å². The molecule has 2 rings (SSSR count). The number of fused-ring (bicyclic) bond motifs is 1. The molecule has 5 heteroatoms. The van der Waals surface area contributed by atoms with E-state index in [1.807, 2.05) is 0 Å². The summed E-state index contributed by atoms with van der Waals surface area (Å²) in [6.07, 6.45) is 0.230. The van der Waals surface area contributed by atoms with Gasteiger partial charge in [-0.3, -0.25) is 10.2 Å². The average Bonchev–Trinajstić information content (AvgIpc) is 2.27. The first-order valence-electron chi connectivity index (χ1n) is 4.25. The van der Waals surface area contributed by atoms with Gasteiger partial charge in [0.05, 0.1) is 11.2 Å². The van der Waals surface area contributed by atoms with Crippen LogP contribution in [0.1, 0.15) is 0 Å². The van der Waals surface area contributed by atoms with Crippen LogP contribution in [0.25, 0.3) is 10.9 Å². The Labute approximate surface area is 85.2 Å². The van der Waals surface area contributed by atoms with E-state index < -0.39 is 6.09 Å². The Bertz CT molecular complexity index is 513. The molecule has 1 amide bonds. The van der Waals surface area contributed by atoms with Crippen molar-refractivity contribution in [2.45, 2.75) is 0 Å². The highest BCUT2D eigenvalue weighted by Gasteiger charge is 2.10. The van der Waals surface area contributed by atoms with Gasteiger partial charge in [-0.2, -0.15) is 5.06 Å². The molecular formula is C10H8N2O3. The van der Waals surface area contributed by atoms with Gasteiger partial charge in [0, 0.05) is 11.6 Å². The van der Waals surface area contributed by atoms with Gasteiger partial charge in [0.15, 0.2) is 0 Å². The molecule has 0 saturated carbocycles. The lowest BCUT2D eigenvalue weighted by Crippen LogP contribution is -2.24. The molecule has 1 aromatic heterocycles. The fourth-order valence-corrected chi connectivity index (χ4v) is 1.31. The Balaban J connectivity index is 2.51. The molecule has 0 aliphatic rings. The van der Waals surface area contributed by atoms with Gasteiger partial charge < -0.3 is 5.11 Å². The third-order valence-electron chi connectivity index (χ3n) is 2.01. The van der Waals surface area contributed by atoms with Crippen LogP contribution in [0.5, 0.6) is 0 Å². The normalized spacial score (nSPS) is 10.2. The molecule has 0 saturated heterocycles. The third kappa shape index (κ3) is 1.72. The van der Waals surface area contributed by atoms with Crippen molar-refractivity contribution in [2.24, 2.45) is 0 Å². The quantitative estimate of drug-likeness (QED) is 0.551. The molecule has 0 atom stereocenters. The summed E-state index contributed by atoms with van der Waals surface area (Å²) < 4.78 is 0. The van der Waals surface area contributed by atoms with Gasteiger partial charge >= 0.3 is 6.09 Å². The molecular weight excluding hydrogens is 196 g/mol. The molecule has 2 N–H and O–H groups in total. The first-order valence-corrected chi connectivity index (χ1v) is 4.25. The number of aromatic nitrogens is 1. The van der Waals surface area contributed by atoms with Crippen molar-refractivity contribution in [2.75, 3.05) is 5.06 Å². The Morgan fingerprint density at radius 1 is 1.33 bits per heavy atom. The lowest BCUT2D eigenvalue weighted by atomic mass is 10.2. The molecule has 1 aromatic carbocycles. The monoisotopic (exact) mass is 204 g/mol. The molecule has 0 aliphatic heterocycles. The molecule has 5 nitrogen and oxygen atoms in total. The van der Waals surface area contributed by atoms with Crippen LogP contribution in [0.4, 0.5) is 10.5 Å². The molecule has 2 aromatic rings. The molecule has 76 valence electrons. The maximum absolute atomic E-state index is 10.5. The number of rotatable bonds is 1. The SMILES string of the molecule is O=C(O)N(O)c1ccc2ncccc2c1. The molecule has 0 bridgehead atoms. The molecule has 1 heterocycles. The Hall–Kier alpha value is -2.14. The standard InChI is InChI=1S/C10H8N2O3/c13-10(14)12(15)8-3-4-9-7(6-8)2-1-5-11-9/h1-6,15H,(H,13,14). The number of hydroxylamine groups is 1. The van der Waals surface area contributed by atoms with Gasteiger partial charge in [0.1, 0.15) is 0 Å². The zero-order chi connectivity index (χ0) is 10.8. The fraction of sp³-hybridized carbons (Fsp3) is 0. The van der Waals surface area contributed by atoms with Gasteiger partial charge in [-0.1, -0.05) is 6.07 Å². The van der Waals surface area contributed by atoms with Crippen LogP contribution in [-0.2, 0) is 0 Å². The second-order valence-corrected chi connectivity index (χ2v) is 2.97. The molecule has 15 heavy (non-hydrogen) atoms. The summed E-state index contributed by atoms with van der Waals surface area (Å²) in [7, 11) is 0. The Morgan fingerprint density at radius 3 is 2.87 bits per heavy atom. The van der Waals surface area contributed by atoms with E-state index in [1.165, 1.54) is 6.07 Å². The van der Waals surface area contributed by atoms with Crippen LogP contribution in [0, 0.1) is 0 Å². The number of benzene rings is 1. The van der Waals surface area contributed by atoms with E-state index in [-0.39, 0.29) is 10.8 Å². The number of anilines is 1. The minimum absolute atomic E-state index is 0.173. The topological polar surface area (TPSA) is 73.7 Å². The number of carboxylic acid groups (broad SMARTS) is 1. The number of hydrogen-bond acceptors (Lipinski definition) is 3. The van der Waals surface area contributed by atoms with Gasteiger partial charge in [-0.25, -0.2) is 4.79 Å². The van der Waals surface area contributed by atoms with E-state index in [2.05, 4.69) is 4.98 Å². The van der Waals surface area contributed by atoms with Gasteiger partial charge in [-0.05, 0) is 24.3 Å². The minimum Gasteiger partial charge on any atom is -0.463 e. The minimum atomic E-state index is -1.42. The lowest BCUT2D eigenvalue weighted by Gasteiger charge is -2.10. The zero-order valence-electron chi connectivity index (χ0n) is 7.66. The summed E-state index contributed by atoms with van der Waals surface area (Å²) >= 11 is 0. The van der Waals surface area contributed by atoms with Gasteiger partial charge in [0.25, 0.3) is 0 Å². The predicted molar refractivity (Wildman–Crippen MR) is 54.0 cm³/mol. The summed E-state index contributed by atoms with van der Waals surface area (Å²) in [4.78, 5) is 14.6. The molecule has 0 spiro atoms. The molecule has 0 fully saturated rings. The Kier molecular flexibility index (Phi) is 2.23. The van der Waals surface area contributed by atoms with E-state index >= 15 is 0 Å². The van der Waals surface area contributed by atoms with Crippen molar-refractivity contribution in [1.82, 2.24) is 4.98 Å². The van der Waals surface area contributed by atoms with Crippen LogP contribution in [0.3, 0.4) is 0 Å². The van der Waals surface area contributed by atoms with E-state index in [0.29, 0.717) is 0 Å². The van der Waals surface area contributed by atoms with Crippen molar-refractivity contribution in [3.05, 3.63) is 36.5 Å². The third-order valence-corrected chi connectivity index (χ3v) is 2.01. The summed E-state index contributed by atoms with van der Waals surface area (Å²) in [6.45, 7) is 0. The van der Waals surface area contributed by atoms with E-state index in [0.717, 1.165) is 10.9 Å². The summed E-state index contributed by atoms with van der Waals surface area (Å²) in [5, 5.41) is 18.7. The lowest BCUT2D eigenvalue weighted by molar-refractivity contribution is 0.160. The summed E-state index contributed by atoms with van der Waals surface area (Å²) in [6, 6.07) is 8.23. The maximum Gasteiger partial charge on any atom is 0.436 e. The maximum atomic E-state index is 10.5. The summed E-state index contributed by atoms with van der Waals surface area (Å²) in [5.41, 5.74) is 0.947. The van der Waals surface area contributed by atoms with Crippen molar-refractivity contribution >= 4 is 22.7 Å². The van der Waals surface area contributed by atoms with Crippen LogP contribution < -0.4 is 5.06 Å². The summed E-state index contributed by atoms with van der Waals surface area (Å²) in [5.74, 6) is 0. The van der Waals surface area contributed by atoms with Crippen LogP contribution in [0.2, 0.25) is 0 Å². The average molecular weight is 204 g/mol. The first-order chi connectivity index (χ1) is 7.18. The number of amides is 1. The Morgan fingerprint density at radius 2 is 2.13 bits per heavy atom. The molecule has 0 unspecified atom stereocenters. The molecule has 0 radical (unpaired) electrons. The van der Waals surface area contributed by atoms with Crippen LogP contribution in [-0.4, -0.2) is 21.4 Å². The fourth-order valence-electron chi connectivity index (χ4n) is 1.31. The van der Waals surface area contributed by atoms with E-state index in [9.17, 15) is 10.0 Å². The van der Waals surface area contributed by atoms with Crippen molar-refractivity contribution in [1.29, 1.82) is 0 Å². The van der Waals surface area contributed by atoms with E-state index in [1.54, 1.807) is 30.5 Å². The van der Waals surface area contributed by atoms with Crippen molar-refractivity contribution in [3.8, 4) is 0 Å².